The average molecular weight is 212 g/mol. The van der Waals surface area contributed by atoms with Gasteiger partial charge in [0.25, 0.3) is 5.69 Å². The van der Waals surface area contributed by atoms with Crippen molar-refractivity contribution >= 4 is 11.4 Å². The fourth-order valence-electron chi connectivity index (χ4n) is 1.54. The molecule has 6 heteroatoms. The quantitative estimate of drug-likeness (QED) is 0.555. The van der Waals surface area contributed by atoms with E-state index in [4.69, 9.17) is 4.74 Å². The van der Waals surface area contributed by atoms with Gasteiger partial charge in [-0.1, -0.05) is 0 Å². The second-order valence-electron chi connectivity index (χ2n) is 3.16. The van der Waals surface area contributed by atoms with Crippen LogP contribution in [0, 0.1) is 15.9 Å². The van der Waals surface area contributed by atoms with Crippen LogP contribution in [0.5, 0.6) is 5.75 Å². The van der Waals surface area contributed by atoms with Crippen LogP contribution >= 0.6 is 0 Å². The van der Waals surface area contributed by atoms with Crippen molar-refractivity contribution in [3.8, 4) is 5.75 Å². The lowest BCUT2D eigenvalue weighted by molar-refractivity contribution is -0.385. The van der Waals surface area contributed by atoms with Crippen molar-refractivity contribution in [3.63, 3.8) is 0 Å². The summed E-state index contributed by atoms with van der Waals surface area (Å²) in [7, 11) is 0. The molecule has 0 saturated carbocycles. The number of hydrogen-bond acceptors (Lipinski definition) is 4. The lowest BCUT2D eigenvalue weighted by atomic mass is 10.2. The molecule has 1 heterocycles. The van der Waals surface area contributed by atoms with Gasteiger partial charge in [0.1, 0.15) is 5.69 Å². The Morgan fingerprint density at radius 3 is 3.00 bits per heavy atom. The van der Waals surface area contributed by atoms with Crippen molar-refractivity contribution in [1.29, 1.82) is 0 Å². The number of nitro groups is 1. The summed E-state index contributed by atoms with van der Waals surface area (Å²) < 4.78 is 18.7. The highest BCUT2D eigenvalue weighted by atomic mass is 19.1. The summed E-state index contributed by atoms with van der Waals surface area (Å²) in [6.07, 6.45) is 0. The van der Waals surface area contributed by atoms with Gasteiger partial charge in [-0.15, -0.1) is 0 Å². The van der Waals surface area contributed by atoms with Crippen LogP contribution in [0.15, 0.2) is 12.1 Å². The molecule has 2 rings (SSSR count). The molecule has 0 radical (unpaired) electrons. The van der Waals surface area contributed by atoms with Gasteiger partial charge in [-0.05, 0) is 6.92 Å². The summed E-state index contributed by atoms with van der Waals surface area (Å²) in [6, 6.07) is 2.16. The molecular weight excluding hydrogens is 203 g/mol. The minimum Gasteiger partial charge on any atom is -0.471 e. The van der Waals surface area contributed by atoms with Crippen molar-refractivity contribution in [1.82, 2.24) is 0 Å². The number of anilines is 1. The lowest BCUT2D eigenvalue weighted by Gasteiger charge is -2.13. The van der Waals surface area contributed by atoms with Gasteiger partial charge in [-0.25, -0.2) is 4.39 Å². The highest BCUT2D eigenvalue weighted by molar-refractivity contribution is 5.65. The SMILES string of the molecule is CCN1COc2cc([N+](=O)[O-])cc(F)c21. The molecule has 0 fully saturated rings. The van der Waals surface area contributed by atoms with Gasteiger partial charge in [0.2, 0.25) is 0 Å². The van der Waals surface area contributed by atoms with Crippen LogP contribution in [-0.2, 0) is 0 Å². The van der Waals surface area contributed by atoms with Gasteiger partial charge in [0, 0.05) is 6.54 Å². The molecule has 0 amide bonds. The van der Waals surface area contributed by atoms with Crippen LogP contribution in [0.25, 0.3) is 0 Å². The van der Waals surface area contributed by atoms with Crippen molar-refractivity contribution in [2.45, 2.75) is 6.92 Å². The largest absolute Gasteiger partial charge is 0.471 e. The van der Waals surface area contributed by atoms with Gasteiger partial charge < -0.3 is 9.64 Å². The van der Waals surface area contributed by atoms with E-state index in [0.717, 1.165) is 6.07 Å². The molecule has 15 heavy (non-hydrogen) atoms. The van der Waals surface area contributed by atoms with E-state index in [1.807, 2.05) is 6.92 Å². The van der Waals surface area contributed by atoms with E-state index >= 15 is 0 Å². The van der Waals surface area contributed by atoms with Crippen molar-refractivity contribution < 1.29 is 14.1 Å². The molecule has 0 unspecified atom stereocenters. The molecule has 0 N–H and O–H groups in total. The summed E-state index contributed by atoms with van der Waals surface area (Å²) in [5, 5.41) is 10.5. The third-order valence-electron chi connectivity index (χ3n) is 2.30. The normalized spacial score (nSPS) is 13.6. The van der Waals surface area contributed by atoms with Gasteiger partial charge >= 0.3 is 0 Å². The summed E-state index contributed by atoms with van der Waals surface area (Å²) in [5.74, 6) is -0.373. The smallest absolute Gasteiger partial charge is 0.276 e. The Bertz CT molecular complexity index is 422. The number of nitrogens with zero attached hydrogens (tertiary/aromatic N) is 2. The molecule has 1 aromatic rings. The van der Waals surface area contributed by atoms with E-state index in [-0.39, 0.29) is 18.2 Å². The second-order valence-corrected chi connectivity index (χ2v) is 3.16. The first kappa shape index (κ1) is 9.70. The first-order valence-electron chi connectivity index (χ1n) is 4.49. The fourth-order valence-corrected chi connectivity index (χ4v) is 1.54. The third kappa shape index (κ3) is 1.47. The van der Waals surface area contributed by atoms with Crippen LogP contribution in [0.2, 0.25) is 0 Å². The van der Waals surface area contributed by atoms with Gasteiger partial charge in [-0.2, -0.15) is 0 Å². The molecule has 0 aliphatic carbocycles. The molecule has 1 aromatic carbocycles. The Balaban J connectivity index is 2.51. The molecule has 0 saturated heterocycles. The molecule has 80 valence electrons. The van der Waals surface area contributed by atoms with Crippen LogP contribution in [0.4, 0.5) is 15.8 Å². The van der Waals surface area contributed by atoms with E-state index in [1.54, 1.807) is 4.90 Å². The number of rotatable bonds is 2. The zero-order valence-corrected chi connectivity index (χ0v) is 8.07. The predicted molar refractivity (Wildman–Crippen MR) is 51.6 cm³/mol. The molecule has 0 spiro atoms. The standard InChI is InChI=1S/C9H9FN2O3/c1-2-11-5-15-8-4-6(12(13)14)3-7(10)9(8)11/h3-4H,2,5H2,1H3. The molecule has 0 atom stereocenters. The average Bonchev–Trinajstić information content (AvgIpc) is 2.60. The summed E-state index contributed by atoms with van der Waals surface area (Å²) >= 11 is 0. The Morgan fingerprint density at radius 1 is 1.67 bits per heavy atom. The van der Waals surface area contributed by atoms with Crippen molar-refractivity contribution in [2.75, 3.05) is 18.2 Å². The number of hydrogen-bond donors (Lipinski definition) is 0. The van der Waals surface area contributed by atoms with Crippen LogP contribution < -0.4 is 9.64 Å². The van der Waals surface area contributed by atoms with Crippen LogP contribution in [0.3, 0.4) is 0 Å². The highest BCUT2D eigenvalue weighted by Crippen LogP contribution is 2.39. The zero-order chi connectivity index (χ0) is 11.0. The Hall–Kier alpha value is -1.85. The van der Waals surface area contributed by atoms with E-state index in [2.05, 4.69) is 0 Å². The van der Waals surface area contributed by atoms with Crippen molar-refractivity contribution in [2.24, 2.45) is 0 Å². The summed E-state index contributed by atoms with van der Waals surface area (Å²) in [6.45, 7) is 2.70. The molecular formula is C9H9FN2O3. The van der Waals surface area contributed by atoms with Gasteiger partial charge in [-0.3, -0.25) is 10.1 Å². The summed E-state index contributed by atoms with van der Waals surface area (Å²) in [5.41, 5.74) is 0.0207. The maximum absolute atomic E-state index is 13.5. The number of nitro benzene ring substituents is 1. The first-order chi connectivity index (χ1) is 7.13. The number of halogens is 1. The minimum atomic E-state index is -0.638. The van der Waals surface area contributed by atoms with Gasteiger partial charge in [0.05, 0.1) is 17.1 Å². The number of ether oxygens (including phenoxy) is 1. The second kappa shape index (κ2) is 3.38. The molecule has 5 nitrogen and oxygen atoms in total. The van der Waals surface area contributed by atoms with E-state index in [1.165, 1.54) is 6.07 Å². The van der Waals surface area contributed by atoms with E-state index < -0.39 is 10.7 Å². The van der Waals surface area contributed by atoms with E-state index in [9.17, 15) is 14.5 Å². The minimum absolute atomic E-state index is 0.239. The predicted octanol–water partition coefficient (Wildman–Crippen LogP) is 1.91. The molecule has 0 aromatic heterocycles. The Kier molecular flexibility index (Phi) is 2.18. The van der Waals surface area contributed by atoms with E-state index in [0.29, 0.717) is 12.2 Å². The maximum atomic E-state index is 13.5. The Morgan fingerprint density at radius 2 is 2.40 bits per heavy atom. The van der Waals surface area contributed by atoms with Gasteiger partial charge in [0.15, 0.2) is 18.3 Å². The fraction of sp³-hybridized carbons (Fsp3) is 0.333. The first-order valence-corrected chi connectivity index (χ1v) is 4.49. The van der Waals surface area contributed by atoms with Crippen LogP contribution in [0.1, 0.15) is 6.92 Å². The zero-order valence-electron chi connectivity index (χ0n) is 8.07. The lowest BCUT2D eigenvalue weighted by Crippen LogP contribution is -2.21. The van der Waals surface area contributed by atoms with Crippen LogP contribution in [-0.4, -0.2) is 18.2 Å². The van der Waals surface area contributed by atoms with Crippen molar-refractivity contribution in [3.05, 3.63) is 28.1 Å². The summed E-state index contributed by atoms with van der Waals surface area (Å²) in [4.78, 5) is 11.5. The Labute approximate surface area is 85.2 Å². The monoisotopic (exact) mass is 212 g/mol. The number of fused-ring (bicyclic) bond motifs is 1. The maximum Gasteiger partial charge on any atom is 0.276 e. The highest BCUT2D eigenvalue weighted by Gasteiger charge is 2.26. The molecule has 1 aliphatic rings. The topological polar surface area (TPSA) is 55.6 Å². The third-order valence-corrected chi connectivity index (χ3v) is 2.30. The molecule has 1 aliphatic heterocycles. The molecule has 0 bridgehead atoms. The number of benzene rings is 1. The number of non-ortho nitro benzene ring substituents is 1.